The Bertz CT molecular complexity index is 544. The molecule has 8 heteroatoms. The number of nitrogens with zero attached hydrogens (tertiary/aromatic N) is 3. The maximum Gasteiger partial charge on any atom is 0.319 e. The fraction of sp³-hybridized carbons (Fsp3) is 0.533. The lowest BCUT2D eigenvalue weighted by atomic mass is 10.3. The van der Waals surface area contributed by atoms with Gasteiger partial charge < -0.3 is 20.3 Å². The van der Waals surface area contributed by atoms with E-state index in [1.54, 1.807) is 25.3 Å². The minimum Gasteiger partial charge on any atom is -0.480 e. The van der Waals surface area contributed by atoms with Gasteiger partial charge in [0.2, 0.25) is 11.8 Å². The van der Waals surface area contributed by atoms with Gasteiger partial charge in [0.15, 0.2) is 0 Å². The molecule has 1 aliphatic rings. The molecule has 1 aliphatic heterocycles. The minimum absolute atomic E-state index is 0.118. The molecule has 1 fully saturated rings. The zero-order chi connectivity index (χ0) is 16.7. The van der Waals surface area contributed by atoms with Gasteiger partial charge in [0.1, 0.15) is 5.69 Å². The third kappa shape index (κ3) is 5.10. The van der Waals surface area contributed by atoms with E-state index in [1.807, 2.05) is 4.90 Å². The molecule has 1 aromatic heterocycles. The Morgan fingerprint density at radius 2 is 2.04 bits per heavy atom. The van der Waals surface area contributed by atoms with Crippen LogP contribution >= 0.6 is 0 Å². The van der Waals surface area contributed by atoms with Gasteiger partial charge in [0, 0.05) is 52.4 Å². The van der Waals surface area contributed by atoms with Crippen LogP contribution in [-0.4, -0.2) is 73.1 Å². The second kappa shape index (κ2) is 8.33. The maximum atomic E-state index is 11.9. The predicted octanol–water partition coefficient (Wildman–Crippen LogP) is 0.376. The average molecular weight is 321 g/mol. The summed E-state index contributed by atoms with van der Waals surface area (Å²) in [5.74, 6) is 0.496. The molecule has 0 radical (unpaired) electrons. The third-order valence-electron chi connectivity index (χ3n) is 3.74. The molecule has 0 spiro atoms. The number of pyridine rings is 1. The molecule has 23 heavy (non-hydrogen) atoms. The molecule has 126 valence electrons. The zero-order valence-corrected chi connectivity index (χ0v) is 13.5. The number of urea groups is 1. The van der Waals surface area contributed by atoms with Crippen LogP contribution in [-0.2, 0) is 4.79 Å². The Balaban J connectivity index is 1.68. The molecular weight excluding hydrogens is 298 g/mol. The number of hydrogen-bond donors (Lipinski definition) is 2. The summed E-state index contributed by atoms with van der Waals surface area (Å²) in [4.78, 5) is 31.2. The van der Waals surface area contributed by atoms with Gasteiger partial charge in [-0.15, -0.1) is 0 Å². The first-order valence-electron chi connectivity index (χ1n) is 7.62. The van der Waals surface area contributed by atoms with Gasteiger partial charge in [-0.3, -0.25) is 9.69 Å². The van der Waals surface area contributed by atoms with Crippen molar-refractivity contribution in [2.45, 2.75) is 6.92 Å². The van der Waals surface area contributed by atoms with E-state index < -0.39 is 0 Å². The SMILES string of the molecule is COc1ncccc1NC(=O)NCCN1CCN(C(C)=O)CC1. The van der Waals surface area contributed by atoms with Crippen molar-refractivity contribution in [1.82, 2.24) is 20.1 Å². The molecule has 0 atom stereocenters. The molecule has 2 rings (SSSR count). The molecule has 0 aromatic carbocycles. The van der Waals surface area contributed by atoms with E-state index in [9.17, 15) is 9.59 Å². The van der Waals surface area contributed by atoms with Crippen LogP contribution in [0, 0.1) is 0 Å². The van der Waals surface area contributed by atoms with Crippen LogP contribution in [0.25, 0.3) is 0 Å². The predicted molar refractivity (Wildman–Crippen MR) is 86.5 cm³/mol. The quantitative estimate of drug-likeness (QED) is 0.818. The monoisotopic (exact) mass is 321 g/mol. The van der Waals surface area contributed by atoms with Gasteiger partial charge >= 0.3 is 6.03 Å². The summed E-state index contributed by atoms with van der Waals surface area (Å²) in [7, 11) is 1.51. The van der Waals surface area contributed by atoms with Crippen LogP contribution in [0.1, 0.15) is 6.92 Å². The van der Waals surface area contributed by atoms with Gasteiger partial charge in [0.25, 0.3) is 0 Å². The van der Waals surface area contributed by atoms with Crippen molar-refractivity contribution in [2.75, 3.05) is 51.7 Å². The Hall–Kier alpha value is -2.35. The summed E-state index contributed by atoms with van der Waals surface area (Å²) in [5, 5.41) is 5.52. The number of rotatable bonds is 5. The van der Waals surface area contributed by atoms with Crippen molar-refractivity contribution in [3.05, 3.63) is 18.3 Å². The van der Waals surface area contributed by atoms with Crippen LogP contribution in [0.4, 0.5) is 10.5 Å². The standard InChI is InChI=1S/C15H23N5O3/c1-12(21)20-10-8-19(9-11-20)7-6-17-15(22)18-13-4-3-5-16-14(13)23-2/h3-5H,6-11H2,1-2H3,(H2,17,18,22). The third-order valence-corrected chi connectivity index (χ3v) is 3.74. The Kier molecular flexibility index (Phi) is 6.16. The fourth-order valence-electron chi connectivity index (χ4n) is 2.43. The smallest absolute Gasteiger partial charge is 0.319 e. The molecule has 2 N–H and O–H groups in total. The molecule has 1 aromatic rings. The van der Waals surface area contributed by atoms with Crippen LogP contribution in [0.2, 0.25) is 0 Å². The highest BCUT2D eigenvalue weighted by Gasteiger charge is 2.18. The molecule has 8 nitrogen and oxygen atoms in total. The fourth-order valence-corrected chi connectivity index (χ4v) is 2.43. The van der Waals surface area contributed by atoms with E-state index in [0.29, 0.717) is 18.1 Å². The number of aromatic nitrogens is 1. The summed E-state index contributed by atoms with van der Waals surface area (Å²) in [6.07, 6.45) is 1.60. The van der Waals surface area contributed by atoms with E-state index in [0.717, 1.165) is 32.7 Å². The highest BCUT2D eigenvalue weighted by Crippen LogP contribution is 2.19. The van der Waals surface area contributed by atoms with Crippen molar-refractivity contribution in [2.24, 2.45) is 0 Å². The summed E-state index contributed by atoms with van der Waals surface area (Å²) >= 11 is 0. The topological polar surface area (TPSA) is 86.8 Å². The highest BCUT2D eigenvalue weighted by molar-refractivity contribution is 5.90. The first kappa shape index (κ1) is 17.0. The van der Waals surface area contributed by atoms with Crippen LogP contribution in [0.15, 0.2) is 18.3 Å². The van der Waals surface area contributed by atoms with E-state index in [-0.39, 0.29) is 11.9 Å². The number of hydrogen-bond acceptors (Lipinski definition) is 5. The van der Waals surface area contributed by atoms with E-state index >= 15 is 0 Å². The minimum atomic E-state index is -0.293. The molecule has 2 heterocycles. The average Bonchev–Trinajstić information content (AvgIpc) is 2.56. The highest BCUT2D eigenvalue weighted by atomic mass is 16.5. The number of methoxy groups -OCH3 is 1. The second-order valence-corrected chi connectivity index (χ2v) is 5.29. The number of anilines is 1. The van der Waals surface area contributed by atoms with E-state index in [2.05, 4.69) is 20.5 Å². The zero-order valence-electron chi connectivity index (χ0n) is 13.5. The first-order valence-corrected chi connectivity index (χ1v) is 7.62. The lowest BCUT2D eigenvalue weighted by Gasteiger charge is -2.34. The van der Waals surface area contributed by atoms with Crippen LogP contribution in [0.3, 0.4) is 0 Å². The van der Waals surface area contributed by atoms with Crippen molar-refractivity contribution in [1.29, 1.82) is 0 Å². The van der Waals surface area contributed by atoms with Crippen molar-refractivity contribution < 1.29 is 14.3 Å². The summed E-state index contributed by atoms with van der Waals surface area (Å²) in [6.45, 7) is 6.04. The lowest BCUT2D eigenvalue weighted by Crippen LogP contribution is -2.49. The van der Waals surface area contributed by atoms with E-state index in [4.69, 9.17) is 4.74 Å². The Morgan fingerprint density at radius 3 is 2.70 bits per heavy atom. The molecule has 1 saturated heterocycles. The van der Waals surface area contributed by atoms with Gasteiger partial charge in [-0.1, -0.05) is 0 Å². The molecule has 0 unspecified atom stereocenters. The summed E-state index contributed by atoms with van der Waals surface area (Å²) in [5.41, 5.74) is 0.530. The number of carbonyl (C=O) groups is 2. The number of amides is 3. The molecule has 0 bridgehead atoms. The molecular formula is C15H23N5O3. The number of piperazine rings is 1. The van der Waals surface area contributed by atoms with Crippen molar-refractivity contribution >= 4 is 17.6 Å². The normalized spacial score (nSPS) is 15.1. The van der Waals surface area contributed by atoms with Crippen LogP contribution in [0.5, 0.6) is 5.88 Å². The number of ether oxygens (including phenoxy) is 1. The second-order valence-electron chi connectivity index (χ2n) is 5.29. The van der Waals surface area contributed by atoms with Crippen molar-refractivity contribution in [3.8, 4) is 5.88 Å². The molecule has 0 saturated carbocycles. The maximum absolute atomic E-state index is 11.9. The summed E-state index contributed by atoms with van der Waals surface area (Å²) < 4.78 is 5.08. The Morgan fingerprint density at radius 1 is 1.30 bits per heavy atom. The van der Waals surface area contributed by atoms with Gasteiger partial charge in [0.05, 0.1) is 7.11 Å². The van der Waals surface area contributed by atoms with Gasteiger partial charge in [-0.05, 0) is 12.1 Å². The van der Waals surface area contributed by atoms with Gasteiger partial charge in [-0.2, -0.15) is 0 Å². The Labute approximate surface area is 135 Å². The first-order chi connectivity index (χ1) is 11.1. The van der Waals surface area contributed by atoms with Gasteiger partial charge in [-0.25, -0.2) is 9.78 Å². The molecule has 0 aliphatic carbocycles. The number of nitrogens with one attached hydrogen (secondary N) is 2. The molecule has 3 amide bonds. The largest absolute Gasteiger partial charge is 0.480 e. The van der Waals surface area contributed by atoms with E-state index in [1.165, 1.54) is 7.11 Å². The van der Waals surface area contributed by atoms with Crippen LogP contribution < -0.4 is 15.4 Å². The lowest BCUT2D eigenvalue weighted by molar-refractivity contribution is -0.130. The van der Waals surface area contributed by atoms with Crippen molar-refractivity contribution in [3.63, 3.8) is 0 Å². The summed E-state index contributed by atoms with van der Waals surface area (Å²) in [6, 6.07) is 3.16. The number of carbonyl (C=O) groups excluding carboxylic acids is 2.